The minimum Gasteiger partial charge on any atom is -0.391 e. The predicted octanol–water partition coefficient (Wildman–Crippen LogP) is 5.29. The van der Waals surface area contributed by atoms with Crippen molar-refractivity contribution in [1.29, 1.82) is 0 Å². The van der Waals surface area contributed by atoms with E-state index in [0.717, 1.165) is 13.1 Å². The maximum absolute atomic E-state index is 11.2. The van der Waals surface area contributed by atoms with Crippen molar-refractivity contribution in [2.24, 2.45) is 11.3 Å². The van der Waals surface area contributed by atoms with E-state index in [4.69, 9.17) is 0 Å². The molecule has 0 aliphatic heterocycles. The van der Waals surface area contributed by atoms with Crippen LogP contribution in [0.3, 0.4) is 0 Å². The van der Waals surface area contributed by atoms with E-state index >= 15 is 0 Å². The lowest BCUT2D eigenvalue weighted by atomic mass is 9.78. The molecule has 2 heteroatoms. The van der Waals surface area contributed by atoms with Gasteiger partial charge in [0.15, 0.2) is 0 Å². The van der Waals surface area contributed by atoms with Crippen LogP contribution < -0.4 is 0 Å². The summed E-state index contributed by atoms with van der Waals surface area (Å²) in [6.07, 6.45) is 1.38. The highest BCUT2D eigenvalue weighted by Gasteiger charge is 2.37. The maximum atomic E-state index is 11.2. The van der Waals surface area contributed by atoms with Gasteiger partial charge < -0.3 is 5.11 Å². The number of hydrogen-bond acceptors (Lipinski definition) is 2. The van der Waals surface area contributed by atoms with Crippen LogP contribution in [0.5, 0.6) is 0 Å². The highest BCUT2D eigenvalue weighted by atomic mass is 16.3. The summed E-state index contributed by atoms with van der Waals surface area (Å²) in [6, 6.07) is 21.0. The van der Waals surface area contributed by atoms with Crippen LogP contribution in [-0.2, 0) is 13.1 Å². The monoisotopic (exact) mass is 351 g/mol. The number of nitrogens with zero attached hydrogens (tertiary/aromatic N) is 1. The largest absolute Gasteiger partial charge is 0.391 e. The molecule has 0 aliphatic carbocycles. The Labute approximate surface area is 159 Å². The Morgan fingerprint density at radius 2 is 1.35 bits per heavy atom. The highest BCUT2D eigenvalue weighted by molar-refractivity contribution is 5.18. The Morgan fingerprint density at radius 3 is 1.69 bits per heavy atom. The fourth-order valence-corrected chi connectivity index (χ4v) is 3.45. The van der Waals surface area contributed by atoms with Crippen LogP contribution in [0, 0.1) is 11.3 Å². The standard InChI is InChI=1S/C24H33NO/c1-6-24(4,5)23(26)22(19(2)3)25(17-20-13-9-7-10-14-20)18-21-15-11-8-12-16-21/h6-16,19,22-23,26H,1,17-18H2,2-5H3/t22-,23-/m0/s1. The average molecular weight is 352 g/mol. The quantitative estimate of drug-likeness (QED) is 0.621. The molecule has 2 rings (SSSR count). The van der Waals surface area contributed by atoms with Gasteiger partial charge in [0.1, 0.15) is 0 Å². The van der Waals surface area contributed by atoms with E-state index in [1.165, 1.54) is 11.1 Å². The first-order valence-corrected chi connectivity index (χ1v) is 9.48. The molecule has 1 N–H and O–H groups in total. The number of rotatable bonds is 9. The predicted molar refractivity (Wildman–Crippen MR) is 111 cm³/mol. The molecule has 26 heavy (non-hydrogen) atoms. The van der Waals surface area contributed by atoms with Crippen molar-refractivity contribution in [2.75, 3.05) is 0 Å². The highest BCUT2D eigenvalue weighted by Crippen LogP contribution is 2.31. The summed E-state index contributed by atoms with van der Waals surface area (Å²) in [5, 5.41) is 11.2. The minimum absolute atomic E-state index is 0.0309. The molecule has 2 aromatic rings. The normalized spacial score (nSPS) is 14.4. The first kappa shape index (κ1) is 20.4. The molecule has 140 valence electrons. The van der Waals surface area contributed by atoms with Crippen molar-refractivity contribution in [1.82, 2.24) is 4.90 Å². The van der Waals surface area contributed by atoms with Crippen molar-refractivity contribution >= 4 is 0 Å². The van der Waals surface area contributed by atoms with E-state index in [9.17, 15) is 5.11 Å². The van der Waals surface area contributed by atoms with Crippen LogP contribution in [0.15, 0.2) is 73.3 Å². The summed E-state index contributed by atoms with van der Waals surface area (Å²) < 4.78 is 0. The molecule has 0 unspecified atom stereocenters. The van der Waals surface area contributed by atoms with Crippen LogP contribution in [0.25, 0.3) is 0 Å². The van der Waals surface area contributed by atoms with Gasteiger partial charge in [-0.25, -0.2) is 0 Å². The maximum Gasteiger partial charge on any atom is 0.0783 e. The second kappa shape index (κ2) is 9.16. The Kier molecular flexibility index (Phi) is 7.19. The van der Waals surface area contributed by atoms with E-state index in [2.05, 4.69) is 87.7 Å². The molecule has 0 aliphatic rings. The summed E-state index contributed by atoms with van der Waals surface area (Å²) in [5.74, 6) is 0.316. The van der Waals surface area contributed by atoms with E-state index < -0.39 is 6.10 Å². The Bertz CT molecular complexity index is 622. The molecular formula is C24H33NO. The van der Waals surface area contributed by atoms with Gasteiger partial charge >= 0.3 is 0 Å². The van der Waals surface area contributed by atoms with Crippen LogP contribution >= 0.6 is 0 Å². The van der Waals surface area contributed by atoms with Gasteiger partial charge in [0.05, 0.1) is 6.10 Å². The van der Waals surface area contributed by atoms with E-state index in [1.807, 2.05) is 18.2 Å². The third-order valence-corrected chi connectivity index (χ3v) is 5.17. The van der Waals surface area contributed by atoms with Gasteiger partial charge in [0, 0.05) is 24.5 Å². The summed E-state index contributed by atoms with van der Waals surface area (Å²) in [7, 11) is 0. The van der Waals surface area contributed by atoms with Gasteiger partial charge in [-0.1, -0.05) is 94.4 Å². The molecule has 0 bridgehead atoms. The second-order valence-electron chi connectivity index (χ2n) is 8.08. The number of aliphatic hydroxyl groups excluding tert-OH is 1. The van der Waals surface area contributed by atoms with Gasteiger partial charge in [-0.3, -0.25) is 4.90 Å². The number of hydrogen-bond donors (Lipinski definition) is 1. The first-order valence-electron chi connectivity index (χ1n) is 9.48. The van der Waals surface area contributed by atoms with Gasteiger partial charge in [-0.2, -0.15) is 0 Å². The van der Waals surface area contributed by atoms with Crippen molar-refractivity contribution < 1.29 is 5.11 Å². The molecule has 0 heterocycles. The number of aliphatic hydroxyl groups is 1. The van der Waals surface area contributed by atoms with Crippen LogP contribution in [0.1, 0.15) is 38.8 Å². The van der Waals surface area contributed by atoms with E-state index in [1.54, 1.807) is 0 Å². The summed E-state index contributed by atoms with van der Waals surface area (Å²) >= 11 is 0. The lowest BCUT2D eigenvalue weighted by Gasteiger charge is -2.43. The van der Waals surface area contributed by atoms with Crippen molar-refractivity contribution in [2.45, 2.75) is 52.9 Å². The fourth-order valence-electron chi connectivity index (χ4n) is 3.45. The topological polar surface area (TPSA) is 23.5 Å². The van der Waals surface area contributed by atoms with Crippen LogP contribution in [0.4, 0.5) is 0 Å². The van der Waals surface area contributed by atoms with Crippen LogP contribution in [0.2, 0.25) is 0 Å². The summed E-state index contributed by atoms with van der Waals surface area (Å²) in [6.45, 7) is 14.1. The fraction of sp³-hybridized carbons (Fsp3) is 0.417. The van der Waals surface area contributed by atoms with E-state index in [0.29, 0.717) is 5.92 Å². The zero-order chi connectivity index (χ0) is 19.2. The minimum atomic E-state index is -0.493. The molecule has 2 atom stereocenters. The molecule has 0 saturated heterocycles. The summed E-state index contributed by atoms with van der Waals surface area (Å²) in [4.78, 5) is 2.41. The van der Waals surface area contributed by atoms with Gasteiger partial charge in [-0.05, 0) is 17.0 Å². The lowest BCUT2D eigenvalue weighted by molar-refractivity contribution is -0.0339. The van der Waals surface area contributed by atoms with Crippen molar-refractivity contribution in [3.8, 4) is 0 Å². The lowest BCUT2D eigenvalue weighted by Crippen LogP contribution is -2.51. The Hall–Kier alpha value is -1.90. The van der Waals surface area contributed by atoms with Gasteiger partial charge in [-0.15, -0.1) is 6.58 Å². The summed E-state index contributed by atoms with van der Waals surface area (Å²) in [5.41, 5.74) is 2.18. The molecule has 0 saturated carbocycles. The Balaban J connectivity index is 2.36. The zero-order valence-corrected chi connectivity index (χ0v) is 16.6. The molecule has 0 spiro atoms. The molecule has 0 amide bonds. The molecule has 2 aromatic carbocycles. The van der Waals surface area contributed by atoms with Gasteiger partial charge in [0.2, 0.25) is 0 Å². The SMILES string of the molecule is C=CC(C)(C)[C@@H](O)[C@H](C(C)C)N(Cc1ccccc1)Cc1ccccc1. The first-order chi connectivity index (χ1) is 12.3. The van der Waals surface area contributed by atoms with Crippen molar-refractivity contribution in [3.63, 3.8) is 0 Å². The second-order valence-corrected chi connectivity index (χ2v) is 8.08. The molecular weight excluding hydrogens is 318 g/mol. The molecule has 0 aromatic heterocycles. The Morgan fingerprint density at radius 1 is 0.923 bits per heavy atom. The molecule has 2 nitrogen and oxygen atoms in total. The zero-order valence-electron chi connectivity index (χ0n) is 16.6. The number of benzene rings is 2. The molecule has 0 radical (unpaired) electrons. The van der Waals surface area contributed by atoms with E-state index in [-0.39, 0.29) is 11.5 Å². The van der Waals surface area contributed by atoms with Gasteiger partial charge in [0.25, 0.3) is 0 Å². The third kappa shape index (κ3) is 5.30. The molecule has 0 fully saturated rings. The average Bonchev–Trinajstić information content (AvgIpc) is 2.63. The van der Waals surface area contributed by atoms with Crippen molar-refractivity contribution in [3.05, 3.63) is 84.4 Å². The third-order valence-electron chi connectivity index (χ3n) is 5.17. The smallest absolute Gasteiger partial charge is 0.0783 e. The van der Waals surface area contributed by atoms with Crippen LogP contribution in [-0.4, -0.2) is 22.2 Å².